The standard InChI is InChI=1S/C25H34ClN3O2S/c1-28(25(32-3)27-21-9-5-4-6-10-21)22-13-16-29(17-14-22)15-7-8-18-31-23-12-11-20(26)19-24(23)30-2/h4-6,9-12,19,22H,7-8,13-18H2,1-3H3. The number of para-hydroxylation sites is 1. The molecule has 1 heterocycles. The van der Waals surface area contributed by atoms with Gasteiger partial charge in [-0.25, -0.2) is 4.99 Å². The number of methoxy groups -OCH3 is 1. The van der Waals surface area contributed by atoms with E-state index in [1.54, 1.807) is 24.9 Å². The van der Waals surface area contributed by atoms with Gasteiger partial charge in [0, 0.05) is 37.3 Å². The fourth-order valence-electron chi connectivity index (χ4n) is 3.95. The van der Waals surface area contributed by atoms with Crippen molar-refractivity contribution in [2.24, 2.45) is 4.99 Å². The topological polar surface area (TPSA) is 37.3 Å². The summed E-state index contributed by atoms with van der Waals surface area (Å²) in [6.45, 7) is 4.07. The zero-order chi connectivity index (χ0) is 22.8. The van der Waals surface area contributed by atoms with Gasteiger partial charge in [0.25, 0.3) is 0 Å². The number of unbranched alkanes of at least 4 members (excludes halogenated alkanes) is 1. The van der Waals surface area contributed by atoms with Crippen LogP contribution in [0.5, 0.6) is 11.5 Å². The molecule has 0 spiro atoms. The van der Waals surface area contributed by atoms with Crippen LogP contribution in [-0.2, 0) is 0 Å². The molecule has 2 aromatic rings. The largest absolute Gasteiger partial charge is 0.493 e. The van der Waals surface area contributed by atoms with E-state index in [0.29, 0.717) is 23.4 Å². The number of thioether (sulfide) groups is 1. The van der Waals surface area contributed by atoms with Gasteiger partial charge in [-0.05, 0) is 62.7 Å². The summed E-state index contributed by atoms with van der Waals surface area (Å²) >= 11 is 7.73. The van der Waals surface area contributed by atoms with E-state index in [1.165, 1.54) is 12.8 Å². The first kappa shape index (κ1) is 24.7. The van der Waals surface area contributed by atoms with E-state index in [1.807, 2.05) is 30.3 Å². The predicted octanol–water partition coefficient (Wildman–Crippen LogP) is 5.95. The molecule has 3 rings (SSSR count). The molecule has 0 unspecified atom stereocenters. The first-order valence-corrected chi connectivity index (χ1v) is 12.8. The van der Waals surface area contributed by atoms with E-state index in [-0.39, 0.29) is 0 Å². The molecule has 0 N–H and O–H groups in total. The van der Waals surface area contributed by atoms with Crippen LogP contribution in [0.15, 0.2) is 53.5 Å². The molecule has 0 aliphatic carbocycles. The molecule has 32 heavy (non-hydrogen) atoms. The normalized spacial score (nSPS) is 15.6. The molecular formula is C25H34ClN3O2S. The number of hydrogen-bond donors (Lipinski definition) is 0. The Morgan fingerprint density at radius 2 is 1.88 bits per heavy atom. The van der Waals surface area contributed by atoms with Crippen LogP contribution in [0.25, 0.3) is 0 Å². The highest BCUT2D eigenvalue weighted by atomic mass is 35.5. The summed E-state index contributed by atoms with van der Waals surface area (Å²) in [4.78, 5) is 9.78. The van der Waals surface area contributed by atoms with Gasteiger partial charge in [-0.15, -0.1) is 0 Å². The van der Waals surface area contributed by atoms with Gasteiger partial charge >= 0.3 is 0 Å². The summed E-state index contributed by atoms with van der Waals surface area (Å²) in [5.74, 6) is 1.44. The number of likely N-dealkylation sites (tertiary alicyclic amines) is 1. The van der Waals surface area contributed by atoms with Gasteiger partial charge in [-0.2, -0.15) is 0 Å². The Kier molecular flexibility index (Phi) is 10.0. The highest BCUT2D eigenvalue weighted by Gasteiger charge is 2.24. The minimum atomic E-state index is 0.543. The Morgan fingerprint density at radius 1 is 1.12 bits per heavy atom. The van der Waals surface area contributed by atoms with Crippen LogP contribution < -0.4 is 9.47 Å². The fourth-order valence-corrected chi connectivity index (χ4v) is 4.74. The maximum Gasteiger partial charge on any atom is 0.164 e. The molecule has 7 heteroatoms. The summed E-state index contributed by atoms with van der Waals surface area (Å²) in [6.07, 6.45) is 6.59. The van der Waals surface area contributed by atoms with Crippen molar-refractivity contribution in [3.05, 3.63) is 53.6 Å². The zero-order valence-electron chi connectivity index (χ0n) is 19.3. The van der Waals surface area contributed by atoms with E-state index in [0.717, 1.165) is 49.1 Å². The number of rotatable bonds is 9. The summed E-state index contributed by atoms with van der Waals surface area (Å²) in [5.41, 5.74) is 1.01. The lowest BCUT2D eigenvalue weighted by Gasteiger charge is -2.37. The third kappa shape index (κ3) is 7.32. The second-order valence-electron chi connectivity index (χ2n) is 7.97. The van der Waals surface area contributed by atoms with E-state index < -0.39 is 0 Å². The van der Waals surface area contributed by atoms with Gasteiger partial charge in [0.2, 0.25) is 0 Å². The van der Waals surface area contributed by atoms with Crippen molar-refractivity contribution in [2.75, 3.05) is 46.7 Å². The number of halogens is 1. The van der Waals surface area contributed by atoms with Gasteiger partial charge in [0.1, 0.15) is 0 Å². The molecule has 2 aromatic carbocycles. The first-order valence-electron chi connectivity index (χ1n) is 11.2. The van der Waals surface area contributed by atoms with Crippen LogP contribution in [0.2, 0.25) is 5.02 Å². The highest BCUT2D eigenvalue weighted by Crippen LogP contribution is 2.30. The van der Waals surface area contributed by atoms with Gasteiger partial charge in [0.05, 0.1) is 19.4 Å². The van der Waals surface area contributed by atoms with Crippen LogP contribution in [0, 0.1) is 0 Å². The van der Waals surface area contributed by atoms with Crippen LogP contribution in [0.3, 0.4) is 0 Å². The quantitative estimate of drug-likeness (QED) is 0.254. The van der Waals surface area contributed by atoms with E-state index in [4.69, 9.17) is 26.1 Å². The summed E-state index contributed by atoms with van der Waals surface area (Å²) < 4.78 is 11.2. The van der Waals surface area contributed by atoms with Crippen molar-refractivity contribution in [1.82, 2.24) is 9.80 Å². The van der Waals surface area contributed by atoms with Gasteiger partial charge < -0.3 is 19.3 Å². The molecule has 0 aromatic heterocycles. The molecule has 1 aliphatic rings. The van der Waals surface area contributed by atoms with E-state index in [2.05, 4.69) is 35.2 Å². The highest BCUT2D eigenvalue weighted by molar-refractivity contribution is 8.13. The van der Waals surface area contributed by atoms with Crippen molar-refractivity contribution < 1.29 is 9.47 Å². The van der Waals surface area contributed by atoms with Crippen molar-refractivity contribution in [1.29, 1.82) is 0 Å². The molecule has 1 saturated heterocycles. The minimum absolute atomic E-state index is 0.543. The molecule has 0 bridgehead atoms. The Balaban J connectivity index is 1.37. The second-order valence-corrected chi connectivity index (χ2v) is 9.18. The Labute approximate surface area is 201 Å². The molecule has 0 radical (unpaired) electrons. The van der Waals surface area contributed by atoms with Gasteiger partial charge in [-0.1, -0.05) is 41.6 Å². The lowest BCUT2D eigenvalue weighted by Crippen LogP contribution is -2.45. The third-order valence-electron chi connectivity index (χ3n) is 5.82. The SMILES string of the molecule is COc1cc(Cl)ccc1OCCCCN1CCC(N(C)C(=Nc2ccccc2)SC)CC1. The van der Waals surface area contributed by atoms with Gasteiger partial charge in [-0.3, -0.25) is 0 Å². The Bertz CT molecular complexity index is 858. The van der Waals surface area contributed by atoms with Crippen molar-refractivity contribution in [2.45, 2.75) is 31.7 Å². The molecule has 0 atom stereocenters. The number of ether oxygens (including phenoxy) is 2. The first-order chi connectivity index (χ1) is 15.6. The second kappa shape index (κ2) is 13.0. The molecule has 0 amide bonds. The number of benzene rings is 2. The molecule has 1 fully saturated rings. The van der Waals surface area contributed by atoms with Crippen LogP contribution in [-0.4, -0.2) is 67.7 Å². The monoisotopic (exact) mass is 475 g/mol. The number of hydrogen-bond acceptors (Lipinski definition) is 5. The van der Waals surface area contributed by atoms with Crippen LogP contribution in [0.1, 0.15) is 25.7 Å². The van der Waals surface area contributed by atoms with Crippen molar-refractivity contribution in [3.63, 3.8) is 0 Å². The smallest absolute Gasteiger partial charge is 0.164 e. The number of amidine groups is 1. The van der Waals surface area contributed by atoms with Gasteiger partial charge in [0.15, 0.2) is 16.7 Å². The number of aliphatic imine (C=N–C) groups is 1. The molecule has 1 aliphatic heterocycles. The Hall–Kier alpha value is -1.89. The molecule has 5 nitrogen and oxygen atoms in total. The maximum atomic E-state index is 6.01. The van der Waals surface area contributed by atoms with Crippen LogP contribution >= 0.6 is 23.4 Å². The van der Waals surface area contributed by atoms with Crippen molar-refractivity contribution in [3.8, 4) is 11.5 Å². The maximum absolute atomic E-state index is 6.01. The van der Waals surface area contributed by atoms with Crippen molar-refractivity contribution >= 4 is 34.2 Å². The average molecular weight is 476 g/mol. The summed E-state index contributed by atoms with van der Waals surface area (Å²) in [5, 5.41) is 1.74. The predicted molar refractivity (Wildman–Crippen MR) is 137 cm³/mol. The summed E-state index contributed by atoms with van der Waals surface area (Å²) in [6, 6.07) is 16.2. The molecular weight excluding hydrogens is 442 g/mol. The number of piperidine rings is 1. The van der Waals surface area contributed by atoms with Crippen LogP contribution in [0.4, 0.5) is 5.69 Å². The minimum Gasteiger partial charge on any atom is -0.493 e. The zero-order valence-corrected chi connectivity index (χ0v) is 20.9. The summed E-state index contributed by atoms with van der Waals surface area (Å²) in [7, 11) is 3.82. The average Bonchev–Trinajstić information content (AvgIpc) is 2.83. The van der Waals surface area contributed by atoms with E-state index >= 15 is 0 Å². The fraction of sp³-hybridized carbons (Fsp3) is 0.480. The van der Waals surface area contributed by atoms with E-state index in [9.17, 15) is 0 Å². The molecule has 0 saturated carbocycles. The molecule has 174 valence electrons. The lowest BCUT2D eigenvalue weighted by atomic mass is 10.0. The number of nitrogens with zero attached hydrogens (tertiary/aromatic N) is 3. The lowest BCUT2D eigenvalue weighted by molar-refractivity contribution is 0.162. The Morgan fingerprint density at radius 3 is 2.56 bits per heavy atom. The third-order valence-corrected chi connectivity index (χ3v) is 6.80.